The smallest absolute Gasteiger partial charge is 0.320 e. The zero-order valence-electron chi connectivity index (χ0n) is 26.5. The van der Waals surface area contributed by atoms with Gasteiger partial charge in [0.15, 0.2) is 12.2 Å². The molecular formula is C30H50N6O10. The van der Waals surface area contributed by atoms with E-state index >= 15 is 0 Å². The highest BCUT2D eigenvalue weighted by atomic mass is 16.4. The quantitative estimate of drug-likeness (QED) is 0.0786. The van der Waals surface area contributed by atoms with Crippen LogP contribution in [-0.2, 0) is 32.3 Å². The number of rotatable bonds is 18. The summed E-state index contributed by atoms with van der Waals surface area (Å²) >= 11 is 0. The van der Waals surface area contributed by atoms with Crippen LogP contribution in [0.15, 0.2) is 18.2 Å². The van der Waals surface area contributed by atoms with Crippen molar-refractivity contribution in [1.82, 2.24) is 30.3 Å². The summed E-state index contributed by atoms with van der Waals surface area (Å²) in [6.45, 7) is 1.61. The van der Waals surface area contributed by atoms with Crippen LogP contribution >= 0.6 is 0 Å². The fourth-order valence-corrected chi connectivity index (χ4v) is 5.20. The summed E-state index contributed by atoms with van der Waals surface area (Å²) in [6, 6.07) is 3.85. The van der Waals surface area contributed by atoms with Crippen LogP contribution in [0.5, 0.6) is 0 Å². The average molecular weight is 655 g/mol. The molecule has 0 aromatic carbocycles. The first-order chi connectivity index (χ1) is 22.0. The van der Waals surface area contributed by atoms with Gasteiger partial charge in [-0.3, -0.25) is 34.0 Å². The van der Waals surface area contributed by atoms with Crippen molar-refractivity contribution in [3.63, 3.8) is 0 Å². The number of hydrogen-bond acceptors (Lipinski definition) is 12. The Kier molecular flexibility index (Phi) is 17.6. The Morgan fingerprint density at radius 2 is 1.15 bits per heavy atom. The molecule has 0 radical (unpaired) electrons. The van der Waals surface area contributed by atoms with Gasteiger partial charge in [-0.1, -0.05) is 6.07 Å². The highest BCUT2D eigenvalue weighted by Gasteiger charge is 2.29. The molecule has 4 unspecified atom stereocenters. The molecule has 46 heavy (non-hydrogen) atoms. The molecule has 16 heteroatoms. The van der Waals surface area contributed by atoms with Crippen LogP contribution in [0.1, 0.15) is 49.9 Å². The van der Waals surface area contributed by atoms with Crippen LogP contribution in [-0.4, -0.2) is 158 Å². The molecule has 0 spiro atoms. The van der Waals surface area contributed by atoms with Crippen LogP contribution in [0.3, 0.4) is 0 Å². The number of aliphatic hydroxyl groups is 4. The third kappa shape index (κ3) is 13.6. The van der Waals surface area contributed by atoms with Gasteiger partial charge in [0.25, 0.3) is 11.8 Å². The highest BCUT2D eigenvalue weighted by Crippen LogP contribution is 2.18. The maximum Gasteiger partial charge on any atom is 0.320 e. The van der Waals surface area contributed by atoms with Gasteiger partial charge in [0, 0.05) is 52.4 Å². The van der Waals surface area contributed by atoms with Crippen molar-refractivity contribution in [3.05, 3.63) is 29.6 Å². The molecule has 1 aromatic rings. The fraction of sp³-hybridized carbons (Fsp3) is 0.700. The Labute approximate surface area is 269 Å². The molecule has 2 rings (SSSR count). The van der Waals surface area contributed by atoms with E-state index in [2.05, 4.69) is 10.6 Å². The van der Waals surface area contributed by atoms with Crippen molar-refractivity contribution >= 4 is 23.8 Å². The lowest BCUT2D eigenvalue weighted by Crippen LogP contribution is -2.47. The van der Waals surface area contributed by atoms with Crippen LogP contribution < -0.4 is 10.6 Å². The third-order valence-corrected chi connectivity index (χ3v) is 7.94. The lowest BCUT2D eigenvalue weighted by Gasteiger charge is -2.34. The van der Waals surface area contributed by atoms with Crippen molar-refractivity contribution in [2.75, 3.05) is 59.5 Å². The average Bonchev–Trinajstić information content (AvgIpc) is 3.03. The second-order valence-electron chi connectivity index (χ2n) is 11.5. The number of nitrogens with one attached hydrogen (secondary N) is 2. The predicted octanol–water partition coefficient (Wildman–Crippen LogP) is -2.18. The van der Waals surface area contributed by atoms with Gasteiger partial charge in [-0.05, 0) is 57.7 Å². The van der Waals surface area contributed by atoms with E-state index in [-0.39, 0.29) is 26.2 Å². The number of unbranched alkanes of at least 4 members (excludes halogenated alkanes) is 2. The lowest BCUT2D eigenvalue weighted by atomic mass is 10.1. The molecule has 2 heterocycles. The number of nitrogens with zero attached hydrogens (tertiary/aromatic N) is 4. The minimum Gasteiger partial charge on any atom is -0.480 e. The molecule has 0 aliphatic carbocycles. The van der Waals surface area contributed by atoms with Gasteiger partial charge in [-0.2, -0.15) is 0 Å². The molecule has 2 amide bonds. The maximum atomic E-state index is 12.4. The molecular weight excluding hydrogens is 604 g/mol. The standard InChI is InChI=1S/C30H50N6O10/c1-34-13-15-35(23(29(43)44)9-2-4-11-31-27(41)25(39)19-37)17-21-7-6-8-22(33-21)18-36(16-14-34)24(30(45)46)10-3-5-12-32-28(42)26(40)20-38/h6-8,23-26,37-40H,2-5,9-20H2,1H3,(H,31,41)(H,32,42)(H,43,44)(H,45,46). The van der Waals surface area contributed by atoms with E-state index in [9.17, 15) is 39.6 Å². The van der Waals surface area contributed by atoms with Gasteiger partial charge in [0.05, 0.1) is 24.6 Å². The number of fused-ring (bicyclic) bond motifs is 2. The summed E-state index contributed by atoms with van der Waals surface area (Å²) in [5.41, 5.74) is 1.31. The summed E-state index contributed by atoms with van der Waals surface area (Å²) in [4.78, 5) is 58.5. The number of hydrogen-bond donors (Lipinski definition) is 8. The molecule has 4 atom stereocenters. The summed E-state index contributed by atoms with van der Waals surface area (Å²) in [5.74, 6) is -3.29. The second kappa shape index (κ2) is 20.8. The molecule has 16 nitrogen and oxygen atoms in total. The van der Waals surface area contributed by atoms with E-state index < -0.39 is 61.3 Å². The Hall–Kier alpha value is -3.25. The van der Waals surface area contributed by atoms with Crippen molar-refractivity contribution in [2.45, 2.75) is 75.9 Å². The zero-order chi connectivity index (χ0) is 34.1. The van der Waals surface area contributed by atoms with Gasteiger partial charge in [-0.15, -0.1) is 0 Å². The fourth-order valence-electron chi connectivity index (χ4n) is 5.20. The van der Waals surface area contributed by atoms with Crippen molar-refractivity contribution in [1.29, 1.82) is 0 Å². The van der Waals surface area contributed by atoms with E-state index in [0.29, 0.717) is 76.1 Å². The minimum absolute atomic E-state index is 0.244. The number of aromatic nitrogens is 1. The normalized spacial score (nSPS) is 17.9. The van der Waals surface area contributed by atoms with Gasteiger partial charge >= 0.3 is 11.9 Å². The monoisotopic (exact) mass is 654 g/mol. The molecule has 0 saturated heterocycles. The first-order valence-electron chi connectivity index (χ1n) is 15.7. The van der Waals surface area contributed by atoms with E-state index in [1.54, 1.807) is 0 Å². The summed E-state index contributed by atoms with van der Waals surface area (Å²) < 4.78 is 0. The van der Waals surface area contributed by atoms with E-state index in [1.807, 2.05) is 39.9 Å². The summed E-state index contributed by atoms with van der Waals surface area (Å²) in [6.07, 6.45) is -0.306. The van der Waals surface area contributed by atoms with Crippen LogP contribution in [0, 0.1) is 0 Å². The molecule has 0 fully saturated rings. The number of carboxylic acid groups (broad SMARTS) is 2. The molecule has 260 valence electrons. The number of aliphatic carboxylic acids is 2. The van der Waals surface area contributed by atoms with Crippen molar-refractivity contribution < 1.29 is 49.8 Å². The molecule has 0 saturated carbocycles. The summed E-state index contributed by atoms with van der Waals surface area (Å²) in [5, 5.41) is 61.7. The SMILES string of the molecule is CN1CCN(C(CCCCNC(=O)C(O)CO)C(=O)O)Cc2cccc(n2)CN(C(CCCCNC(=O)C(O)CO)C(=O)O)CC1. The first-order valence-corrected chi connectivity index (χ1v) is 15.7. The molecule has 1 aliphatic heterocycles. The lowest BCUT2D eigenvalue weighted by molar-refractivity contribution is -0.144. The second-order valence-corrected chi connectivity index (χ2v) is 11.5. The number of likely N-dealkylation sites (N-methyl/N-ethyl adjacent to an activating group) is 1. The van der Waals surface area contributed by atoms with E-state index in [1.165, 1.54) is 0 Å². The number of carbonyl (C=O) groups excluding carboxylic acids is 2. The third-order valence-electron chi connectivity index (χ3n) is 7.94. The predicted molar refractivity (Wildman–Crippen MR) is 165 cm³/mol. The number of carboxylic acids is 2. The van der Waals surface area contributed by atoms with Crippen LogP contribution in [0.25, 0.3) is 0 Å². The zero-order valence-corrected chi connectivity index (χ0v) is 26.5. The van der Waals surface area contributed by atoms with Crippen LogP contribution in [0.2, 0.25) is 0 Å². The maximum absolute atomic E-state index is 12.4. The Balaban J connectivity index is 2.08. The molecule has 8 N–H and O–H groups in total. The molecule has 2 bridgehead atoms. The van der Waals surface area contributed by atoms with Gasteiger partial charge in [0.1, 0.15) is 12.1 Å². The Morgan fingerprint density at radius 3 is 1.52 bits per heavy atom. The highest BCUT2D eigenvalue weighted by molar-refractivity contribution is 5.80. The van der Waals surface area contributed by atoms with Gasteiger partial charge in [-0.25, -0.2) is 0 Å². The number of aliphatic hydroxyl groups excluding tert-OH is 4. The van der Waals surface area contributed by atoms with Gasteiger partial charge < -0.3 is 46.2 Å². The first kappa shape index (κ1) is 38.9. The Bertz CT molecular complexity index is 1030. The number of amides is 2. The van der Waals surface area contributed by atoms with Crippen molar-refractivity contribution in [3.8, 4) is 0 Å². The summed E-state index contributed by atoms with van der Waals surface area (Å²) in [7, 11) is 1.90. The number of pyridine rings is 1. The van der Waals surface area contributed by atoms with Crippen LogP contribution in [0.4, 0.5) is 0 Å². The number of carbonyl (C=O) groups is 4. The topological polar surface area (TPSA) is 236 Å². The Morgan fingerprint density at radius 1 is 0.739 bits per heavy atom. The van der Waals surface area contributed by atoms with Crippen molar-refractivity contribution in [2.24, 2.45) is 0 Å². The van der Waals surface area contributed by atoms with Gasteiger partial charge in [0.2, 0.25) is 0 Å². The molecule has 1 aliphatic rings. The minimum atomic E-state index is -1.49. The van der Waals surface area contributed by atoms with E-state index in [4.69, 9.17) is 15.2 Å². The largest absolute Gasteiger partial charge is 0.480 e. The molecule has 1 aromatic heterocycles. The van der Waals surface area contributed by atoms with E-state index in [0.717, 1.165) is 0 Å².